The molecule has 0 amide bonds. The Morgan fingerprint density at radius 3 is 2.64 bits per heavy atom. The van der Waals surface area contributed by atoms with Gasteiger partial charge in [-0.2, -0.15) is 0 Å². The fourth-order valence-corrected chi connectivity index (χ4v) is 1.68. The van der Waals surface area contributed by atoms with Crippen molar-refractivity contribution in [2.75, 3.05) is 32.8 Å². The minimum atomic E-state index is 0.612. The van der Waals surface area contributed by atoms with E-state index in [0.29, 0.717) is 5.92 Å². The molecular weight excluding hydrogens is 176 g/mol. The van der Waals surface area contributed by atoms with Crippen LogP contribution in [0.4, 0.5) is 0 Å². The highest BCUT2D eigenvalue weighted by Gasteiger charge is 2.09. The largest absolute Gasteiger partial charge is 0.303 e. The lowest BCUT2D eigenvalue weighted by atomic mass is 10.2. The molecule has 1 saturated heterocycles. The highest BCUT2D eigenvalue weighted by Crippen LogP contribution is 2.06. The molecule has 14 heavy (non-hydrogen) atoms. The van der Waals surface area contributed by atoms with E-state index in [1.165, 1.54) is 38.9 Å². The van der Waals surface area contributed by atoms with E-state index >= 15 is 0 Å². The number of likely N-dealkylation sites (tertiary alicyclic amines) is 1. The standard InChI is InChI=1S/C11H24N2O/c1-11(2)10-14-12-6-5-9-13-7-3-4-8-13/h11-12H,3-10H2,1-2H3. The van der Waals surface area contributed by atoms with Crippen LogP contribution >= 0.6 is 0 Å². The van der Waals surface area contributed by atoms with Crippen LogP contribution in [0.2, 0.25) is 0 Å². The van der Waals surface area contributed by atoms with Gasteiger partial charge in [0.1, 0.15) is 0 Å². The first-order valence-corrected chi connectivity index (χ1v) is 5.86. The van der Waals surface area contributed by atoms with E-state index in [-0.39, 0.29) is 0 Å². The lowest BCUT2D eigenvalue weighted by Gasteiger charge is -2.14. The van der Waals surface area contributed by atoms with Gasteiger partial charge in [0.25, 0.3) is 0 Å². The Morgan fingerprint density at radius 1 is 1.29 bits per heavy atom. The predicted octanol–water partition coefficient (Wildman–Crippen LogP) is 1.65. The van der Waals surface area contributed by atoms with E-state index in [1.54, 1.807) is 0 Å². The van der Waals surface area contributed by atoms with E-state index in [2.05, 4.69) is 24.2 Å². The van der Waals surface area contributed by atoms with Gasteiger partial charge in [-0.25, -0.2) is 5.48 Å². The van der Waals surface area contributed by atoms with Gasteiger partial charge in [-0.3, -0.25) is 0 Å². The fraction of sp³-hybridized carbons (Fsp3) is 1.00. The molecule has 0 aliphatic carbocycles. The van der Waals surface area contributed by atoms with E-state index in [9.17, 15) is 0 Å². The van der Waals surface area contributed by atoms with Crippen LogP contribution in [-0.2, 0) is 4.84 Å². The maximum Gasteiger partial charge on any atom is 0.0705 e. The molecule has 0 spiro atoms. The molecule has 3 heteroatoms. The number of hydrogen-bond donors (Lipinski definition) is 1. The van der Waals surface area contributed by atoms with Crippen molar-refractivity contribution in [3.8, 4) is 0 Å². The summed E-state index contributed by atoms with van der Waals surface area (Å²) in [6.07, 6.45) is 3.96. The highest BCUT2D eigenvalue weighted by molar-refractivity contribution is 4.65. The summed E-state index contributed by atoms with van der Waals surface area (Å²) in [5.41, 5.74) is 3.01. The van der Waals surface area contributed by atoms with E-state index in [4.69, 9.17) is 4.84 Å². The third-order valence-electron chi connectivity index (χ3n) is 2.47. The number of hydrogen-bond acceptors (Lipinski definition) is 3. The lowest BCUT2D eigenvalue weighted by Crippen LogP contribution is -2.25. The molecule has 3 nitrogen and oxygen atoms in total. The van der Waals surface area contributed by atoms with Crippen LogP contribution in [0.25, 0.3) is 0 Å². The van der Waals surface area contributed by atoms with E-state index in [1.807, 2.05) is 0 Å². The Morgan fingerprint density at radius 2 is 2.00 bits per heavy atom. The average molecular weight is 200 g/mol. The van der Waals surface area contributed by atoms with Crippen LogP contribution in [0.5, 0.6) is 0 Å². The van der Waals surface area contributed by atoms with Gasteiger partial charge in [0.05, 0.1) is 6.61 Å². The van der Waals surface area contributed by atoms with Crippen molar-refractivity contribution in [3.63, 3.8) is 0 Å². The zero-order valence-electron chi connectivity index (χ0n) is 9.59. The number of nitrogens with one attached hydrogen (secondary N) is 1. The maximum absolute atomic E-state index is 5.29. The molecule has 0 radical (unpaired) electrons. The molecular formula is C11H24N2O. The second kappa shape index (κ2) is 7.21. The van der Waals surface area contributed by atoms with Crippen LogP contribution in [0.15, 0.2) is 0 Å². The molecule has 1 rings (SSSR count). The second-order valence-corrected chi connectivity index (χ2v) is 4.50. The molecule has 0 aromatic heterocycles. The predicted molar refractivity (Wildman–Crippen MR) is 59.1 cm³/mol. The molecule has 1 aliphatic rings. The smallest absolute Gasteiger partial charge is 0.0705 e. The van der Waals surface area contributed by atoms with Gasteiger partial charge >= 0.3 is 0 Å². The average Bonchev–Trinajstić information content (AvgIpc) is 2.63. The second-order valence-electron chi connectivity index (χ2n) is 4.50. The summed E-state index contributed by atoms with van der Waals surface area (Å²) < 4.78 is 0. The van der Waals surface area contributed by atoms with Gasteiger partial charge in [-0.05, 0) is 44.8 Å². The number of rotatable bonds is 7. The summed E-state index contributed by atoms with van der Waals surface area (Å²) in [4.78, 5) is 7.82. The Bertz CT molecular complexity index is 133. The van der Waals surface area contributed by atoms with Gasteiger partial charge in [0.15, 0.2) is 0 Å². The first kappa shape index (κ1) is 12.0. The van der Waals surface area contributed by atoms with Crippen molar-refractivity contribution in [2.45, 2.75) is 33.1 Å². The first-order chi connectivity index (χ1) is 6.79. The van der Waals surface area contributed by atoms with Gasteiger partial charge in [-0.15, -0.1) is 0 Å². The van der Waals surface area contributed by atoms with Gasteiger partial charge in [0, 0.05) is 6.54 Å². The molecule has 0 unspecified atom stereocenters. The monoisotopic (exact) mass is 200 g/mol. The zero-order chi connectivity index (χ0) is 10.2. The third-order valence-corrected chi connectivity index (χ3v) is 2.47. The van der Waals surface area contributed by atoms with Crippen molar-refractivity contribution in [1.82, 2.24) is 10.4 Å². The van der Waals surface area contributed by atoms with Crippen molar-refractivity contribution in [3.05, 3.63) is 0 Å². The highest BCUT2D eigenvalue weighted by atomic mass is 16.6. The van der Waals surface area contributed by atoms with Crippen LogP contribution in [0.3, 0.4) is 0 Å². The molecule has 0 aromatic carbocycles. The normalized spacial score (nSPS) is 18.2. The molecule has 84 valence electrons. The third kappa shape index (κ3) is 5.58. The van der Waals surface area contributed by atoms with Gasteiger partial charge in [0.2, 0.25) is 0 Å². The van der Waals surface area contributed by atoms with Crippen LogP contribution in [-0.4, -0.2) is 37.7 Å². The Labute approximate surface area is 87.8 Å². The molecule has 0 bridgehead atoms. The molecule has 1 aliphatic heterocycles. The SMILES string of the molecule is CC(C)CONCCCN1CCCC1. The van der Waals surface area contributed by atoms with E-state index in [0.717, 1.165) is 13.2 Å². The topological polar surface area (TPSA) is 24.5 Å². The minimum Gasteiger partial charge on any atom is -0.303 e. The Balaban J connectivity index is 1.79. The van der Waals surface area contributed by atoms with Crippen LogP contribution in [0, 0.1) is 5.92 Å². The molecule has 0 saturated carbocycles. The molecule has 0 atom stereocenters. The molecule has 1 heterocycles. The van der Waals surface area contributed by atoms with E-state index < -0.39 is 0 Å². The van der Waals surface area contributed by atoms with Gasteiger partial charge in [-0.1, -0.05) is 13.8 Å². The van der Waals surface area contributed by atoms with Crippen molar-refractivity contribution in [1.29, 1.82) is 0 Å². The summed E-state index contributed by atoms with van der Waals surface area (Å²) in [6, 6.07) is 0. The van der Waals surface area contributed by atoms with Crippen molar-refractivity contribution >= 4 is 0 Å². The zero-order valence-corrected chi connectivity index (χ0v) is 9.59. The van der Waals surface area contributed by atoms with Crippen LogP contribution < -0.4 is 5.48 Å². The lowest BCUT2D eigenvalue weighted by molar-refractivity contribution is 0.0224. The number of hydroxylamine groups is 1. The summed E-state index contributed by atoms with van der Waals surface area (Å²) in [5, 5.41) is 0. The Kier molecular flexibility index (Phi) is 6.15. The van der Waals surface area contributed by atoms with Crippen LogP contribution in [0.1, 0.15) is 33.1 Å². The minimum absolute atomic E-state index is 0.612. The number of nitrogens with zero attached hydrogens (tertiary/aromatic N) is 1. The van der Waals surface area contributed by atoms with Crippen molar-refractivity contribution in [2.24, 2.45) is 5.92 Å². The molecule has 0 aromatic rings. The van der Waals surface area contributed by atoms with Gasteiger partial charge < -0.3 is 9.74 Å². The summed E-state index contributed by atoms with van der Waals surface area (Å²) in [5.74, 6) is 0.612. The fourth-order valence-electron chi connectivity index (χ4n) is 1.68. The quantitative estimate of drug-likeness (QED) is 0.499. The Hall–Kier alpha value is -0.120. The van der Waals surface area contributed by atoms with Crippen molar-refractivity contribution < 1.29 is 4.84 Å². The maximum atomic E-state index is 5.29. The summed E-state index contributed by atoms with van der Waals surface area (Å²) >= 11 is 0. The first-order valence-electron chi connectivity index (χ1n) is 5.86. The summed E-state index contributed by atoms with van der Waals surface area (Å²) in [7, 11) is 0. The molecule has 1 N–H and O–H groups in total. The molecule has 1 fully saturated rings. The summed E-state index contributed by atoms with van der Waals surface area (Å²) in [6.45, 7) is 9.92.